The molecule has 2 N–H and O–H groups in total. The maximum absolute atomic E-state index is 11.9. The Morgan fingerprint density at radius 2 is 2.30 bits per heavy atom. The maximum atomic E-state index is 11.9. The van der Waals surface area contributed by atoms with E-state index >= 15 is 0 Å². The smallest absolute Gasteiger partial charge is 0.326 e. The summed E-state index contributed by atoms with van der Waals surface area (Å²) in [5.41, 5.74) is 0.890. The van der Waals surface area contributed by atoms with E-state index in [1.165, 1.54) is 4.90 Å². The molecule has 6 nitrogen and oxygen atoms in total. The van der Waals surface area contributed by atoms with Crippen molar-refractivity contribution in [3.63, 3.8) is 0 Å². The second-order valence-electron chi connectivity index (χ2n) is 4.34. The molecule has 1 atom stereocenters. The summed E-state index contributed by atoms with van der Waals surface area (Å²) in [6.45, 7) is 0.383. The molecule has 0 saturated heterocycles. The molecule has 1 heterocycles. The van der Waals surface area contributed by atoms with Crippen molar-refractivity contribution in [2.75, 3.05) is 19.1 Å². The fraction of sp³-hybridized carbons (Fsp3) is 0.462. The molecular weight excluding hydrogens is 278 g/mol. The van der Waals surface area contributed by atoms with Gasteiger partial charge in [-0.25, -0.2) is 9.59 Å². The van der Waals surface area contributed by atoms with E-state index < -0.39 is 18.0 Å². The Morgan fingerprint density at radius 3 is 2.85 bits per heavy atom. The van der Waals surface area contributed by atoms with Gasteiger partial charge in [0.05, 0.1) is 0 Å². The summed E-state index contributed by atoms with van der Waals surface area (Å²) >= 11 is 1.55. The molecule has 1 aromatic rings. The lowest BCUT2D eigenvalue weighted by molar-refractivity contribution is -0.139. The third-order valence-corrected chi connectivity index (χ3v) is 3.34. The molecule has 0 aliphatic rings. The van der Waals surface area contributed by atoms with E-state index in [-0.39, 0.29) is 0 Å². The normalized spacial score (nSPS) is 11.7. The van der Waals surface area contributed by atoms with Crippen molar-refractivity contribution in [1.29, 1.82) is 0 Å². The Bertz CT molecular complexity index is 442. The zero-order valence-corrected chi connectivity index (χ0v) is 12.4. The van der Waals surface area contributed by atoms with Gasteiger partial charge in [-0.1, -0.05) is 6.07 Å². The number of pyridine rings is 1. The lowest BCUT2D eigenvalue weighted by atomic mass is 10.2. The van der Waals surface area contributed by atoms with Crippen LogP contribution in [-0.4, -0.2) is 52.1 Å². The molecule has 0 spiro atoms. The first kappa shape index (κ1) is 16.3. The highest BCUT2D eigenvalue weighted by atomic mass is 32.2. The number of aromatic nitrogens is 1. The highest BCUT2D eigenvalue weighted by molar-refractivity contribution is 7.98. The van der Waals surface area contributed by atoms with Crippen LogP contribution >= 0.6 is 11.8 Å². The van der Waals surface area contributed by atoms with E-state index in [4.69, 9.17) is 5.11 Å². The Balaban J connectivity index is 2.53. The van der Waals surface area contributed by atoms with Gasteiger partial charge in [0.25, 0.3) is 0 Å². The summed E-state index contributed by atoms with van der Waals surface area (Å²) in [6, 6.07) is 2.40. The number of carboxylic acids is 1. The number of hydrogen-bond acceptors (Lipinski definition) is 4. The number of nitrogens with zero attached hydrogens (tertiary/aromatic N) is 2. The lowest BCUT2D eigenvalue weighted by Crippen LogP contribution is -2.46. The van der Waals surface area contributed by atoms with Crippen molar-refractivity contribution in [3.8, 4) is 0 Å². The Labute approximate surface area is 122 Å². The predicted octanol–water partition coefficient (Wildman–Crippen LogP) is 1.43. The van der Waals surface area contributed by atoms with Crippen LogP contribution in [0.15, 0.2) is 24.5 Å². The number of amides is 2. The van der Waals surface area contributed by atoms with Crippen molar-refractivity contribution < 1.29 is 14.7 Å². The second-order valence-corrected chi connectivity index (χ2v) is 5.32. The summed E-state index contributed by atoms with van der Waals surface area (Å²) in [5, 5.41) is 11.6. The molecule has 2 amide bonds. The molecule has 0 bridgehead atoms. The molecule has 0 radical (unpaired) electrons. The highest BCUT2D eigenvalue weighted by Crippen LogP contribution is 2.04. The summed E-state index contributed by atoms with van der Waals surface area (Å²) in [5.74, 6) is -0.328. The number of hydrogen-bond donors (Lipinski definition) is 2. The van der Waals surface area contributed by atoms with E-state index in [9.17, 15) is 9.59 Å². The average Bonchev–Trinajstić information content (AvgIpc) is 2.43. The van der Waals surface area contributed by atoms with Crippen molar-refractivity contribution in [2.24, 2.45) is 0 Å². The number of carbonyl (C=O) groups is 2. The van der Waals surface area contributed by atoms with E-state index in [1.807, 2.05) is 12.3 Å². The van der Waals surface area contributed by atoms with Crippen molar-refractivity contribution in [2.45, 2.75) is 19.0 Å². The molecular formula is C13H19N3O3S. The number of aliphatic carboxylic acids is 1. The van der Waals surface area contributed by atoms with Gasteiger partial charge in [-0.2, -0.15) is 11.8 Å². The molecule has 0 aliphatic carbocycles. The average molecular weight is 297 g/mol. The van der Waals surface area contributed by atoms with Gasteiger partial charge in [0.2, 0.25) is 0 Å². The lowest BCUT2D eigenvalue weighted by Gasteiger charge is -2.21. The van der Waals surface area contributed by atoms with E-state index in [0.29, 0.717) is 18.7 Å². The zero-order chi connectivity index (χ0) is 15.0. The van der Waals surface area contributed by atoms with Crippen LogP contribution < -0.4 is 5.32 Å². The van der Waals surface area contributed by atoms with Crippen LogP contribution in [0.3, 0.4) is 0 Å². The number of nitrogens with one attached hydrogen (secondary N) is 1. The summed E-state index contributed by atoms with van der Waals surface area (Å²) < 4.78 is 0. The summed E-state index contributed by atoms with van der Waals surface area (Å²) in [4.78, 5) is 28.4. The standard InChI is InChI=1S/C13H19N3O3S/c1-16(9-10-4-3-6-14-8-10)13(19)15-11(12(17)18)5-7-20-2/h3-4,6,8,11H,5,7,9H2,1-2H3,(H,15,19)(H,17,18)/t11-/m1/s1. The molecule has 1 rings (SSSR count). The molecule has 110 valence electrons. The third kappa shape index (κ3) is 5.48. The number of rotatable bonds is 7. The molecule has 0 fully saturated rings. The van der Waals surface area contributed by atoms with Crippen LogP contribution in [0.5, 0.6) is 0 Å². The van der Waals surface area contributed by atoms with Gasteiger partial charge in [0.15, 0.2) is 0 Å². The van der Waals surface area contributed by atoms with Crippen LogP contribution in [0.1, 0.15) is 12.0 Å². The topological polar surface area (TPSA) is 82.5 Å². The van der Waals surface area contributed by atoms with Gasteiger partial charge in [-0.05, 0) is 30.1 Å². The van der Waals surface area contributed by atoms with E-state index in [0.717, 1.165) is 5.56 Å². The van der Waals surface area contributed by atoms with Gasteiger partial charge in [-0.3, -0.25) is 4.98 Å². The minimum absolute atomic E-state index is 0.383. The SMILES string of the molecule is CSCC[C@@H](NC(=O)N(C)Cc1cccnc1)C(=O)O. The first-order valence-corrected chi connectivity index (χ1v) is 7.56. The first-order valence-electron chi connectivity index (χ1n) is 6.17. The van der Waals surface area contributed by atoms with Gasteiger partial charge in [-0.15, -0.1) is 0 Å². The third-order valence-electron chi connectivity index (χ3n) is 2.70. The predicted molar refractivity (Wildman–Crippen MR) is 78.7 cm³/mol. The quantitative estimate of drug-likeness (QED) is 0.795. The van der Waals surface area contributed by atoms with Gasteiger partial charge in [0.1, 0.15) is 6.04 Å². The number of thioether (sulfide) groups is 1. The van der Waals surface area contributed by atoms with Crippen molar-refractivity contribution in [1.82, 2.24) is 15.2 Å². The van der Waals surface area contributed by atoms with Crippen molar-refractivity contribution >= 4 is 23.8 Å². The summed E-state index contributed by atoms with van der Waals surface area (Å²) in [7, 11) is 1.62. The van der Waals surface area contributed by atoms with Gasteiger partial charge in [0, 0.05) is 26.0 Å². The number of carboxylic acid groups (broad SMARTS) is 1. The van der Waals surface area contributed by atoms with Crippen LogP contribution in [-0.2, 0) is 11.3 Å². The number of urea groups is 1. The fourth-order valence-electron chi connectivity index (χ4n) is 1.59. The Morgan fingerprint density at radius 1 is 1.55 bits per heavy atom. The molecule has 0 aromatic carbocycles. The minimum atomic E-state index is -1.01. The molecule has 7 heteroatoms. The highest BCUT2D eigenvalue weighted by Gasteiger charge is 2.21. The van der Waals surface area contributed by atoms with Crippen molar-refractivity contribution in [3.05, 3.63) is 30.1 Å². The Hall–Kier alpha value is -1.76. The zero-order valence-electron chi connectivity index (χ0n) is 11.6. The fourth-order valence-corrected chi connectivity index (χ4v) is 2.06. The van der Waals surface area contributed by atoms with Crippen LogP contribution in [0.2, 0.25) is 0 Å². The minimum Gasteiger partial charge on any atom is -0.480 e. The second kappa shape index (κ2) is 8.42. The largest absolute Gasteiger partial charge is 0.480 e. The molecule has 0 unspecified atom stereocenters. The summed E-state index contributed by atoms with van der Waals surface area (Å²) in [6.07, 6.45) is 5.64. The van der Waals surface area contributed by atoms with E-state index in [2.05, 4.69) is 10.3 Å². The van der Waals surface area contributed by atoms with Crippen LogP contribution in [0.25, 0.3) is 0 Å². The van der Waals surface area contributed by atoms with E-state index in [1.54, 1.807) is 37.3 Å². The Kier molecular flexibility index (Phi) is 6.86. The van der Waals surface area contributed by atoms with Crippen LogP contribution in [0.4, 0.5) is 4.79 Å². The molecule has 0 aliphatic heterocycles. The molecule has 0 saturated carbocycles. The monoisotopic (exact) mass is 297 g/mol. The maximum Gasteiger partial charge on any atom is 0.326 e. The number of carbonyl (C=O) groups excluding carboxylic acids is 1. The van der Waals surface area contributed by atoms with Gasteiger partial charge < -0.3 is 15.3 Å². The molecule has 20 heavy (non-hydrogen) atoms. The molecule has 1 aromatic heterocycles. The van der Waals surface area contributed by atoms with Crippen LogP contribution in [0, 0.1) is 0 Å². The first-order chi connectivity index (χ1) is 9.54. The van der Waals surface area contributed by atoms with Gasteiger partial charge >= 0.3 is 12.0 Å².